The van der Waals surface area contributed by atoms with E-state index >= 15 is 0 Å². The fourth-order valence-electron chi connectivity index (χ4n) is 1.53. The van der Waals surface area contributed by atoms with Crippen molar-refractivity contribution in [3.05, 3.63) is 58.3 Å². The van der Waals surface area contributed by atoms with Crippen molar-refractivity contribution in [1.82, 2.24) is 4.98 Å². The molecule has 0 saturated carbocycles. The normalized spacial score (nSPS) is 10.0. The summed E-state index contributed by atoms with van der Waals surface area (Å²) in [7, 11) is 0. The quantitative estimate of drug-likeness (QED) is 0.682. The summed E-state index contributed by atoms with van der Waals surface area (Å²) in [5.41, 5.74) is 1.64. The number of nitrogens with zero attached hydrogens (tertiary/aromatic N) is 2. The second kappa shape index (κ2) is 4.52. The Labute approximate surface area is 104 Å². The van der Waals surface area contributed by atoms with Crippen LogP contribution in [0.25, 0.3) is 16.1 Å². The molecule has 1 aromatic heterocycles. The first-order chi connectivity index (χ1) is 8.13. The Balaban J connectivity index is 2.66. The second-order valence-corrected chi connectivity index (χ2v) is 3.92. The maximum absolute atomic E-state index is 13.6. The van der Waals surface area contributed by atoms with Crippen molar-refractivity contribution in [3.63, 3.8) is 0 Å². The molecule has 1 heterocycles. The number of pyridine rings is 1. The van der Waals surface area contributed by atoms with Crippen molar-refractivity contribution in [2.75, 3.05) is 0 Å². The van der Waals surface area contributed by atoms with Gasteiger partial charge in [0.25, 0.3) is 0 Å². The summed E-state index contributed by atoms with van der Waals surface area (Å²) in [5, 5.41) is 0.284. The van der Waals surface area contributed by atoms with E-state index in [0.717, 1.165) is 0 Å². The van der Waals surface area contributed by atoms with Gasteiger partial charge in [-0.3, -0.25) is 4.98 Å². The van der Waals surface area contributed by atoms with E-state index in [4.69, 9.17) is 18.2 Å². The molecule has 84 valence electrons. The molecular formula is C13H8ClFN2. The third kappa shape index (κ3) is 2.13. The average molecular weight is 247 g/mol. The van der Waals surface area contributed by atoms with Gasteiger partial charge in [-0.25, -0.2) is 9.24 Å². The first kappa shape index (κ1) is 11.6. The molecule has 4 heteroatoms. The third-order valence-corrected chi connectivity index (χ3v) is 2.68. The van der Waals surface area contributed by atoms with Crippen molar-refractivity contribution >= 4 is 17.3 Å². The highest BCUT2D eigenvalue weighted by atomic mass is 35.5. The van der Waals surface area contributed by atoms with Gasteiger partial charge in [0.1, 0.15) is 5.82 Å². The van der Waals surface area contributed by atoms with Gasteiger partial charge in [0.15, 0.2) is 0 Å². The minimum atomic E-state index is -0.378. The lowest BCUT2D eigenvalue weighted by Gasteiger charge is -2.07. The molecule has 0 aliphatic carbocycles. The van der Waals surface area contributed by atoms with E-state index in [1.54, 1.807) is 25.1 Å². The van der Waals surface area contributed by atoms with Crippen LogP contribution < -0.4 is 0 Å². The molecule has 0 saturated heterocycles. The SMILES string of the molecule is [C-]#[N+]c1cc(Cl)c(-c2ccccc2F)nc1C. The van der Waals surface area contributed by atoms with Gasteiger partial charge in [-0.1, -0.05) is 23.7 Å². The molecule has 0 aliphatic rings. The first-order valence-corrected chi connectivity index (χ1v) is 5.31. The predicted molar refractivity (Wildman–Crippen MR) is 65.6 cm³/mol. The van der Waals surface area contributed by atoms with E-state index in [-0.39, 0.29) is 10.8 Å². The summed E-state index contributed by atoms with van der Waals surface area (Å²) in [4.78, 5) is 7.49. The number of halogens is 2. The summed E-state index contributed by atoms with van der Waals surface area (Å²) in [6.45, 7) is 8.65. The summed E-state index contributed by atoms with van der Waals surface area (Å²) >= 11 is 6.01. The van der Waals surface area contributed by atoms with Gasteiger partial charge in [-0.2, -0.15) is 0 Å². The van der Waals surface area contributed by atoms with Gasteiger partial charge in [-0.15, -0.1) is 0 Å². The van der Waals surface area contributed by atoms with Crippen molar-refractivity contribution < 1.29 is 4.39 Å². The number of aryl methyl sites for hydroxylation is 1. The molecule has 0 fully saturated rings. The maximum Gasteiger partial charge on any atom is 0.209 e. The van der Waals surface area contributed by atoms with Crippen molar-refractivity contribution in [2.24, 2.45) is 0 Å². The summed E-state index contributed by atoms with van der Waals surface area (Å²) in [6, 6.07) is 7.80. The van der Waals surface area contributed by atoms with E-state index in [1.807, 2.05) is 0 Å². The van der Waals surface area contributed by atoms with Crippen LogP contribution in [-0.4, -0.2) is 4.98 Å². The van der Waals surface area contributed by atoms with Gasteiger partial charge in [0.2, 0.25) is 5.69 Å². The van der Waals surface area contributed by atoms with Gasteiger partial charge >= 0.3 is 0 Å². The van der Waals surface area contributed by atoms with Crippen LogP contribution in [0.15, 0.2) is 30.3 Å². The molecule has 0 spiro atoms. The van der Waals surface area contributed by atoms with Crippen LogP contribution in [-0.2, 0) is 0 Å². The minimum Gasteiger partial charge on any atom is -0.263 e. The van der Waals surface area contributed by atoms with Crippen LogP contribution in [0.2, 0.25) is 5.02 Å². The lowest BCUT2D eigenvalue weighted by Crippen LogP contribution is -1.91. The summed E-state index contributed by atoms with van der Waals surface area (Å²) < 4.78 is 13.6. The maximum atomic E-state index is 13.6. The zero-order chi connectivity index (χ0) is 12.4. The Morgan fingerprint density at radius 2 is 2.06 bits per heavy atom. The van der Waals surface area contributed by atoms with Crippen LogP contribution in [0.4, 0.5) is 10.1 Å². The fourth-order valence-corrected chi connectivity index (χ4v) is 1.77. The van der Waals surface area contributed by atoms with Gasteiger partial charge in [0, 0.05) is 11.3 Å². The van der Waals surface area contributed by atoms with E-state index in [0.29, 0.717) is 22.6 Å². The number of rotatable bonds is 1. The molecule has 0 N–H and O–H groups in total. The van der Waals surface area contributed by atoms with Crippen LogP contribution in [0.1, 0.15) is 5.69 Å². The van der Waals surface area contributed by atoms with E-state index in [9.17, 15) is 4.39 Å². The summed E-state index contributed by atoms with van der Waals surface area (Å²) in [6.07, 6.45) is 0. The topological polar surface area (TPSA) is 17.2 Å². The highest BCUT2D eigenvalue weighted by molar-refractivity contribution is 6.33. The molecular weight excluding hydrogens is 239 g/mol. The van der Waals surface area contributed by atoms with E-state index in [1.165, 1.54) is 12.1 Å². The van der Waals surface area contributed by atoms with E-state index < -0.39 is 0 Å². The Hall–Kier alpha value is -1.92. The summed E-state index contributed by atoms with van der Waals surface area (Å²) in [5.74, 6) is -0.378. The third-order valence-electron chi connectivity index (χ3n) is 2.39. The zero-order valence-electron chi connectivity index (χ0n) is 9.04. The molecule has 1 aromatic carbocycles. The highest BCUT2D eigenvalue weighted by Crippen LogP contribution is 2.32. The molecule has 0 radical (unpaired) electrons. The largest absolute Gasteiger partial charge is 0.263 e. The smallest absolute Gasteiger partial charge is 0.209 e. The standard InChI is InChI=1S/C13H8ClFN2/c1-8-12(16-2)7-10(14)13(17-8)9-5-3-4-6-11(9)15/h3-7H,1H3. The minimum absolute atomic E-state index is 0.284. The zero-order valence-corrected chi connectivity index (χ0v) is 9.79. The van der Waals surface area contributed by atoms with Crippen molar-refractivity contribution in [3.8, 4) is 11.3 Å². The highest BCUT2D eigenvalue weighted by Gasteiger charge is 2.12. The molecule has 2 aromatic rings. The van der Waals surface area contributed by atoms with Crippen LogP contribution in [0.5, 0.6) is 0 Å². The lowest BCUT2D eigenvalue weighted by atomic mass is 10.1. The Morgan fingerprint density at radius 1 is 1.35 bits per heavy atom. The lowest BCUT2D eigenvalue weighted by molar-refractivity contribution is 0.630. The Morgan fingerprint density at radius 3 is 2.71 bits per heavy atom. The van der Waals surface area contributed by atoms with Crippen LogP contribution >= 0.6 is 11.6 Å². The number of hydrogen-bond donors (Lipinski definition) is 0. The first-order valence-electron chi connectivity index (χ1n) is 4.93. The van der Waals surface area contributed by atoms with Crippen molar-refractivity contribution in [2.45, 2.75) is 6.92 Å². The Kier molecular flexibility index (Phi) is 3.08. The van der Waals surface area contributed by atoms with Gasteiger partial charge in [-0.05, 0) is 25.1 Å². The molecule has 0 atom stereocenters. The van der Waals surface area contributed by atoms with Crippen LogP contribution in [0, 0.1) is 19.3 Å². The molecule has 17 heavy (non-hydrogen) atoms. The predicted octanol–water partition coefficient (Wildman–Crippen LogP) is 4.40. The van der Waals surface area contributed by atoms with E-state index in [2.05, 4.69) is 9.83 Å². The number of benzene rings is 1. The van der Waals surface area contributed by atoms with Gasteiger partial charge in [0.05, 0.1) is 17.3 Å². The van der Waals surface area contributed by atoms with Gasteiger partial charge < -0.3 is 0 Å². The number of aromatic nitrogens is 1. The second-order valence-electron chi connectivity index (χ2n) is 3.51. The molecule has 0 bridgehead atoms. The average Bonchev–Trinajstić information content (AvgIpc) is 2.32. The fraction of sp³-hybridized carbons (Fsp3) is 0.0769. The molecule has 2 rings (SSSR count). The molecule has 2 nitrogen and oxygen atoms in total. The monoisotopic (exact) mass is 246 g/mol. The molecule has 0 unspecified atom stereocenters. The van der Waals surface area contributed by atoms with Crippen LogP contribution in [0.3, 0.4) is 0 Å². The van der Waals surface area contributed by atoms with Crippen molar-refractivity contribution in [1.29, 1.82) is 0 Å². The number of hydrogen-bond acceptors (Lipinski definition) is 1. The molecule has 0 amide bonds. The Bertz CT molecular complexity index is 617. The molecule has 0 aliphatic heterocycles.